The lowest BCUT2D eigenvalue weighted by Gasteiger charge is -2.31. The van der Waals surface area contributed by atoms with E-state index in [1.807, 2.05) is 24.1 Å². The standard InChI is InChI=1S/C19H24N6O/c1-12(2)15-11-16(23-22-15)14-5-9-24(10-6-14)18(26)17-13(3)21-19-20-7-4-8-25(17)19/h4,7-8,11-12,14H,5-6,9-10H2,1-3H3,(H,22,23). The summed E-state index contributed by atoms with van der Waals surface area (Å²) in [4.78, 5) is 23.6. The number of carbonyl (C=O) groups excluding carboxylic acids is 1. The molecule has 7 heteroatoms. The van der Waals surface area contributed by atoms with Gasteiger partial charge in [0.25, 0.3) is 5.91 Å². The molecule has 0 unspecified atom stereocenters. The van der Waals surface area contributed by atoms with E-state index in [0.29, 0.717) is 23.3 Å². The second-order valence-corrected chi connectivity index (χ2v) is 7.30. The Morgan fingerprint density at radius 2 is 2.08 bits per heavy atom. The first-order chi connectivity index (χ1) is 12.5. The lowest BCUT2D eigenvalue weighted by atomic mass is 9.92. The minimum absolute atomic E-state index is 0.0360. The molecule has 4 heterocycles. The summed E-state index contributed by atoms with van der Waals surface area (Å²) in [6.07, 6.45) is 5.43. The van der Waals surface area contributed by atoms with Crippen LogP contribution in [0.4, 0.5) is 0 Å². The maximum atomic E-state index is 13.0. The molecule has 3 aromatic heterocycles. The maximum Gasteiger partial charge on any atom is 0.272 e. The molecule has 1 fully saturated rings. The number of piperidine rings is 1. The van der Waals surface area contributed by atoms with Gasteiger partial charge in [0.05, 0.1) is 11.4 Å². The molecule has 0 radical (unpaired) electrons. The highest BCUT2D eigenvalue weighted by molar-refractivity contribution is 5.94. The van der Waals surface area contributed by atoms with Crippen LogP contribution in [0.1, 0.15) is 66.1 Å². The number of aromatic nitrogens is 5. The minimum atomic E-state index is 0.0360. The van der Waals surface area contributed by atoms with Crippen molar-refractivity contribution in [2.45, 2.75) is 45.4 Å². The van der Waals surface area contributed by atoms with Gasteiger partial charge in [0.1, 0.15) is 5.69 Å². The van der Waals surface area contributed by atoms with Crippen LogP contribution in [0.15, 0.2) is 24.5 Å². The highest BCUT2D eigenvalue weighted by Gasteiger charge is 2.28. The SMILES string of the molecule is Cc1nc2ncccn2c1C(=O)N1CCC(c2cc(C(C)C)n[nH]2)CC1. The van der Waals surface area contributed by atoms with E-state index in [1.54, 1.807) is 10.6 Å². The number of nitrogens with one attached hydrogen (secondary N) is 1. The van der Waals surface area contributed by atoms with E-state index in [4.69, 9.17) is 0 Å². The van der Waals surface area contributed by atoms with Crippen molar-refractivity contribution in [1.82, 2.24) is 29.5 Å². The molecule has 0 spiro atoms. The first kappa shape index (κ1) is 16.8. The summed E-state index contributed by atoms with van der Waals surface area (Å²) in [5, 5.41) is 7.59. The average Bonchev–Trinajstić information content (AvgIpc) is 3.25. The Balaban J connectivity index is 1.48. The summed E-state index contributed by atoms with van der Waals surface area (Å²) in [5.41, 5.74) is 3.64. The van der Waals surface area contributed by atoms with Crippen LogP contribution in [-0.2, 0) is 0 Å². The fourth-order valence-corrected chi connectivity index (χ4v) is 3.66. The Labute approximate surface area is 152 Å². The van der Waals surface area contributed by atoms with Gasteiger partial charge in [-0.1, -0.05) is 13.8 Å². The molecule has 7 nitrogen and oxygen atoms in total. The zero-order valence-electron chi connectivity index (χ0n) is 15.4. The van der Waals surface area contributed by atoms with E-state index in [9.17, 15) is 4.79 Å². The van der Waals surface area contributed by atoms with E-state index in [1.165, 1.54) is 5.69 Å². The van der Waals surface area contributed by atoms with Crippen LogP contribution in [0.5, 0.6) is 0 Å². The van der Waals surface area contributed by atoms with E-state index in [0.717, 1.165) is 37.3 Å². The highest BCUT2D eigenvalue weighted by atomic mass is 16.2. The average molecular weight is 352 g/mol. The molecule has 1 aliphatic rings. The normalized spacial score (nSPS) is 15.9. The molecule has 1 aliphatic heterocycles. The fourth-order valence-electron chi connectivity index (χ4n) is 3.66. The highest BCUT2D eigenvalue weighted by Crippen LogP contribution is 2.29. The number of hydrogen-bond acceptors (Lipinski definition) is 4. The number of aromatic amines is 1. The van der Waals surface area contributed by atoms with Gasteiger partial charge in [-0.2, -0.15) is 5.10 Å². The molecule has 26 heavy (non-hydrogen) atoms. The summed E-state index contributed by atoms with van der Waals surface area (Å²) < 4.78 is 1.79. The van der Waals surface area contributed by atoms with Gasteiger partial charge < -0.3 is 4.90 Å². The molecule has 0 aliphatic carbocycles. The van der Waals surface area contributed by atoms with E-state index >= 15 is 0 Å². The number of amides is 1. The molecule has 136 valence electrons. The Kier molecular flexibility index (Phi) is 4.22. The third-order valence-corrected chi connectivity index (χ3v) is 5.21. The Bertz CT molecular complexity index is 933. The van der Waals surface area contributed by atoms with Gasteiger partial charge in [-0.05, 0) is 37.8 Å². The predicted octanol–water partition coefficient (Wildman–Crippen LogP) is 2.90. The second kappa shape index (κ2) is 6.55. The third kappa shape index (κ3) is 2.87. The van der Waals surface area contributed by atoms with Crippen LogP contribution in [-0.4, -0.2) is 48.5 Å². The second-order valence-electron chi connectivity index (χ2n) is 7.30. The lowest BCUT2D eigenvalue weighted by molar-refractivity contribution is 0.0704. The van der Waals surface area contributed by atoms with Crippen LogP contribution < -0.4 is 0 Å². The number of imidazole rings is 1. The zero-order chi connectivity index (χ0) is 18.3. The van der Waals surface area contributed by atoms with Crippen molar-refractivity contribution in [1.29, 1.82) is 0 Å². The monoisotopic (exact) mass is 352 g/mol. The number of fused-ring (bicyclic) bond motifs is 1. The summed E-state index contributed by atoms with van der Waals surface area (Å²) in [5.74, 6) is 1.47. The first-order valence-electron chi connectivity index (χ1n) is 9.18. The number of carbonyl (C=O) groups is 1. The van der Waals surface area contributed by atoms with Crippen molar-refractivity contribution in [3.63, 3.8) is 0 Å². The summed E-state index contributed by atoms with van der Waals surface area (Å²) in [7, 11) is 0. The van der Waals surface area contributed by atoms with Crippen molar-refractivity contribution in [2.75, 3.05) is 13.1 Å². The number of aryl methyl sites for hydroxylation is 1. The van der Waals surface area contributed by atoms with Crippen LogP contribution in [0, 0.1) is 6.92 Å². The van der Waals surface area contributed by atoms with Gasteiger partial charge in [0.15, 0.2) is 0 Å². The van der Waals surface area contributed by atoms with Gasteiger partial charge in [0.2, 0.25) is 5.78 Å². The van der Waals surface area contributed by atoms with Crippen molar-refractivity contribution < 1.29 is 4.79 Å². The van der Waals surface area contributed by atoms with Crippen molar-refractivity contribution in [2.24, 2.45) is 0 Å². The summed E-state index contributed by atoms with van der Waals surface area (Å²) in [6, 6.07) is 3.99. The topological polar surface area (TPSA) is 79.2 Å². The summed E-state index contributed by atoms with van der Waals surface area (Å²) >= 11 is 0. The minimum Gasteiger partial charge on any atom is -0.337 e. The van der Waals surface area contributed by atoms with Crippen molar-refractivity contribution >= 4 is 11.7 Å². The van der Waals surface area contributed by atoms with Gasteiger partial charge in [-0.25, -0.2) is 9.97 Å². The molecule has 0 aromatic carbocycles. The molecule has 4 rings (SSSR count). The molecule has 1 amide bonds. The van der Waals surface area contributed by atoms with Crippen LogP contribution >= 0.6 is 0 Å². The van der Waals surface area contributed by atoms with Gasteiger partial charge in [0, 0.05) is 37.1 Å². The van der Waals surface area contributed by atoms with Crippen LogP contribution in [0.2, 0.25) is 0 Å². The van der Waals surface area contributed by atoms with Gasteiger partial charge >= 0.3 is 0 Å². The molecule has 1 saturated heterocycles. The number of H-pyrrole nitrogens is 1. The number of hydrogen-bond donors (Lipinski definition) is 1. The van der Waals surface area contributed by atoms with Crippen molar-refractivity contribution in [3.8, 4) is 0 Å². The van der Waals surface area contributed by atoms with Crippen LogP contribution in [0.25, 0.3) is 5.78 Å². The number of rotatable bonds is 3. The largest absolute Gasteiger partial charge is 0.337 e. The number of nitrogens with zero attached hydrogens (tertiary/aromatic N) is 5. The van der Waals surface area contributed by atoms with Crippen LogP contribution in [0.3, 0.4) is 0 Å². The van der Waals surface area contributed by atoms with Crippen molar-refractivity contribution in [3.05, 3.63) is 47.3 Å². The van der Waals surface area contributed by atoms with E-state index in [2.05, 4.69) is 40.1 Å². The zero-order valence-corrected chi connectivity index (χ0v) is 15.4. The fraction of sp³-hybridized carbons (Fsp3) is 0.474. The molecule has 0 atom stereocenters. The molecule has 1 N–H and O–H groups in total. The van der Waals surface area contributed by atoms with Gasteiger partial charge in [-0.3, -0.25) is 14.3 Å². The Hall–Kier alpha value is -2.70. The Morgan fingerprint density at radius 3 is 2.77 bits per heavy atom. The first-order valence-corrected chi connectivity index (χ1v) is 9.18. The lowest BCUT2D eigenvalue weighted by Crippen LogP contribution is -2.38. The smallest absolute Gasteiger partial charge is 0.272 e. The van der Waals surface area contributed by atoms with E-state index < -0.39 is 0 Å². The molecule has 0 saturated carbocycles. The molecule has 3 aromatic rings. The van der Waals surface area contributed by atoms with E-state index in [-0.39, 0.29) is 5.91 Å². The van der Waals surface area contributed by atoms with Gasteiger partial charge in [-0.15, -0.1) is 0 Å². The maximum absolute atomic E-state index is 13.0. The summed E-state index contributed by atoms with van der Waals surface area (Å²) in [6.45, 7) is 7.65. The molecule has 0 bridgehead atoms. The molecular weight excluding hydrogens is 328 g/mol. The predicted molar refractivity (Wildman–Crippen MR) is 98.3 cm³/mol. The molecular formula is C19H24N6O. The Morgan fingerprint density at radius 1 is 1.31 bits per heavy atom. The quantitative estimate of drug-likeness (QED) is 0.786. The third-order valence-electron chi connectivity index (χ3n) is 5.21. The number of likely N-dealkylation sites (tertiary alicyclic amines) is 1.